The molecule has 0 aromatic heterocycles. The minimum Gasteiger partial charge on any atom is -0.484 e. The third-order valence-corrected chi connectivity index (χ3v) is 5.72. The molecule has 1 saturated heterocycles. The Kier molecular flexibility index (Phi) is 6.94. The summed E-state index contributed by atoms with van der Waals surface area (Å²) in [5.74, 6) is 1.06. The molecule has 1 aliphatic heterocycles. The zero-order chi connectivity index (χ0) is 20.0. The van der Waals surface area contributed by atoms with Gasteiger partial charge >= 0.3 is 0 Å². The van der Waals surface area contributed by atoms with Crippen molar-refractivity contribution < 1.29 is 19.1 Å². The van der Waals surface area contributed by atoms with E-state index in [9.17, 15) is 9.59 Å². The van der Waals surface area contributed by atoms with Gasteiger partial charge in [0, 0.05) is 25.4 Å². The second-order valence-corrected chi connectivity index (χ2v) is 7.98. The predicted molar refractivity (Wildman–Crippen MR) is 108 cm³/mol. The van der Waals surface area contributed by atoms with Crippen molar-refractivity contribution in [2.45, 2.75) is 58.0 Å². The predicted octanol–water partition coefficient (Wildman–Crippen LogP) is 3.61. The molecule has 0 radical (unpaired) electrons. The number of nitrogens with zero attached hydrogens (tertiary/aromatic N) is 1. The van der Waals surface area contributed by atoms with E-state index < -0.39 is 5.60 Å². The standard InChI is InChI=1S/C22H32N2O4/c1-3-28-22(12-6-7-17(2)15-22)21(26)23-18-8-10-19(11-9-18)27-16-20(25)24-13-4-5-14-24/h8-11,17H,3-7,12-16H2,1-2H3,(H,23,26)/t17-,22-/m0/s1. The zero-order valence-corrected chi connectivity index (χ0v) is 17.0. The first-order chi connectivity index (χ1) is 13.5. The average Bonchev–Trinajstić information content (AvgIpc) is 3.22. The first-order valence-electron chi connectivity index (χ1n) is 10.5. The summed E-state index contributed by atoms with van der Waals surface area (Å²) >= 11 is 0. The average molecular weight is 389 g/mol. The molecule has 0 bridgehead atoms. The first kappa shape index (κ1) is 20.6. The lowest BCUT2D eigenvalue weighted by molar-refractivity contribution is -0.147. The quantitative estimate of drug-likeness (QED) is 0.775. The molecule has 2 aliphatic rings. The van der Waals surface area contributed by atoms with Crippen LogP contribution in [-0.4, -0.2) is 48.6 Å². The highest BCUT2D eigenvalue weighted by Gasteiger charge is 2.42. The number of likely N-dealkylation sites (tertiary alicyclic amines) is 1. The Hall–Kier alpha value is -2.08. The van der Waals surface area contributed by atoms with Crippen LogP contribution >= 0.6 is 0 Å². The SMILES string of the molecule is CCO[C@@]1(C(=O)Nc2ccc(OCC(=O)N3CCCC3)cc2)CCC[C@H](C)C1. The van der Waals surface area contributed by atoms with Crippen molar-refractivity contribution in [3.8, 4) is 5.75 Å². The summed E-state index contributed by atoms with van der Waals surface area (Å²) < 4.78 is 11.5. The molecule has 1 aromatic rings. The molecular weight excluding hydrogens is 356 g/mol. The van der Waals surface area contributed by atoms with E-state index in [1.165, 1.54) is 0 Å². The van der Waals surface area contributed by atoms with Gasteiger partial charge in [-0.3, -0.25) is 9.59 Å². The Bertz CT molecular complexity index is 666. The monoisotopic (exact) mass is 388 g/mol. The molecule has 1 N–H and O–H groups in total. The van der Waals surface area contributed by atoms with Crippen molar-refractivity contribution in [1.29, 1.82) is 0 Å². The highest BCUT2D eigenvalue weighted by molar-refractivity contribution is 5.97. The second kappa shape index (κ2) is 9.41. The topological polar surface area (TPSA) is 67.9 Å². The minimum atomic E-state index is -0.732. The Balaban J connectivity index is 1.55. The van der Waals surface area contributed by atoms with Crippen molar-refractivity contribution in [3.63, 3.8) is 0 Å². The molecule has 28 heavy (non-hydrogen) atoms. The van der Waals surface area contributed by atoms with Crippen LogP contribution in [0, 0.1) is 5.92 Å². The van der Waals surface area contributed by atoms with E-state index in [1.54, 1.807) is 24.3 Å². The van der Waals surface area contributed by atoms with Crippen LogP contribution in [0.4, 0.5) is 5.69 Å². The lowest BCUT2D eigenvalue weighted by Gasteiger charge is -2.38. The normalized spacial score (nSPS) is 24.8. The Labute approximate surface area is 167 Å². The van der Waals surface area contributed by atoms with Gasteiger partial charge in [0.2, 0.25) is 0 Å². The third-order valence-electron chi connectivity index (χ3n) is 5.72. The van der Waals surface area contributed by atoms with E-state index in [2.05, 4.69) is 12.2 Å². The maximum Gasteiger partial charge on any atom is 0.260 e. The molecule has 1 aliphatic carbocycles. The van der Waals surface area contributed by atoms with Gasteiger partial charge in [0.1, 0.15) is 11.4 Å². The lowest BCUT2D eigenvalue weighted by Crippen LogP contribution is -2.48. The largest absolute Gasteiger partial charge is 0.484 e. The van der Waals surface area contributed by atoms with Crippen LogP contribution in [0.15, 0.2) is 24.3 Å². The number of benzene rings is 1. The first-order valence-corrected chi connectivity index (χ1v) is 10.5. The molecule has 2 atom stereocenters. The maximum atomic E-state index is 13.0. The van der Waals surface area contributed by atoms with Gasteiger partial charge < -0.3 is 19.7 Å². The molecule has 154 valence electrons. The van der Waals surface area contributed by atoms with Gasteiger partial charge in [0.05, 0.1) is 0 Å². The van der Waals surface area contributed by atoms with Crippen LogP contribution in [-0.2, 0) is 14.3 Å². The molecule has 1 saturated carbocycles. The number of hydrogen-bond acceptors (Lipinski definition) is 4. The number of anilines is 1. The van der Waals surface area contributed by atoms with Crippen LogP contribution < -0.4 is 10.1 Å². The van der Waals surface area contributed by atoms with Gasteiger partial charge in [-0.1, -0.05) is 13.3 Å². The molecule has 2 fully saturated rings. The van der Waals surface area contributed by atoms with Crippen LogP contribution in [0.2, 0.25) is 0 Å². The van der Waals surface area contributed by atoms with Crippen molar-refractivity contribution in [2.75, 3.05) is 31.6 Å². The fraction of sp³-hybridized carbons (Fsp3) is 0.636. The molecule has 6 nitrogen and oxygen atoms in total. The highest BCUT2D eigenvalue weighted by Crippen LogP contribution is 2.36. The van der Waals surface area contributed by atoms with E-state index >= 15 is 0 Å². The van der Waals surface area contributed by atoms with Crippen molar-refractivity contribution >= 4 is 17.5 Å². The minimum absolute atomic E-state index is 0.0277. The van der Waals surface area contributed by atoms with Gasteiger partial charge in [-0.25, -0.2) is 0 Å². The van der Waals surface area contributed by atoms with Gasteiger partial charge in [-0.15, -0.1) is 0 Å². The Morgan fingerprint density at radius 3 is 2.54 bits per heavy atom. The number of rotatable bonds is 7. The van der Waals surface area contributed by atoms with Crippen LogP contribution in [0.1, 0.15) is 52.4 Å². The summed E-state index contributed by atoms with van der Waals surface area (Å²) in [5.41, 5.74) is -0.0236. The second-order valence-electron chi connectivity index (χ2n) is 7.98. The smallest absolute Gasteiger partial charge is 0.260 e. The van der Waals surface area contributed by atoms with Gasteiger partial charge in [0.15, 0.2) is 6.61 Å². The third kappa shape index (κ3) is 5.04. The van der Waals surface area contributed by atoms with Gasteiger partial charge in [-0.05, 0) is 69.2 Å². The number of carbonyl (C=O) groups is 2. The van der Waals surface area contributed by atoms with Crippen LogP contribution in [0.5, 0.6) is 5.75 Å². The van der Waals surface area contributed by atoms with Crippen LogP contribution in [0.25, 0.3) is 0 Å². The molecule has 3 rings (SSSR count). The van der Waals surface area contributed by atoms with E-state index in [0.29, 0.717) is 24.0 Å². The summed E-state index contributed by atoms with van der Waals surface area (Å²) in [6.07, 6.45) is 5.81. The Morgan fingerprint density at radius 1 is 1.18 bits per heavy atom. The fourth-order valence-corrected chi connectivity index (χ4v) is 4.26. The van der Waals surface area contributed by atoms with E-state index in [1.807, 2.05) is 11.8 Å². The molecule has 0 spiro atoms. The van der Waals surface area contributed by atoms with Gasteiger partial charge in [0.25, 0.3) is 11.8 Å². The number of ether oxygens (including phenoxy) is 2. The van der Waals surface area contributed by atoms with Crippen LogP contribution in [0.3, 0.4) is 0 Å². The molecular formula is C22H32N2O4. The summed E-state index contributed by atoms with van der Waals surface area (Å²) in [6.45, 7) is 6.34. The van der Waals surface area contributed by atoms with E-state index in [0.717, 1.165) is 51.6 Å². The van der Waals surface area contributed by atoms with Crippen molar-refractivity contribution in [2.24, 2.45) is 5.92 Å². The number of amides is 2. The summed E-state index contributed by atoms with van der Waals surface area (Å²) in [7, 11) is 0. The molecule has 0 unspecified atom stereocenters. The molecule has 6 heteroatoms. The summed E-state index contributed by atoms with van der Waals surface area (Å²) in [6, 6.07) is 7.17. The number of nitrogens with one attached hydrogen (secondary N) is 1. The van der Waals surface area contributed by atoms with E-state index in [4.69, 9.17) is 9.47 Å². The zero-order valence-electron chi connectivity index (χ0n) is 17.0. The summed E-state index contributed by atoms with van der Waals surface area (Å²) in [5, 5.41) is 3.00. The maximum absolute atomic E-state index is 13.0. The number of hydrogen-bond donors (Lipinski definition) is 1. The molecule has 2 amide bonds. The molecule has 1 heterocycles. The molecule has 1 aromatic carbocycles. The fourth-order valence-electron chi connectivity index (χ4n) is 4.26. The summed E-state index contributed by atoms with van der Waals surface area (Å²) in [4.78, 5) is 26.9. The number of carbonyl (C=O) groups excluding carboxylic acids is 2. The van der Waals surface area contributed by atoms with Gasteiger partial charge in [-0.2, -0.15) is 0 Å². The lowest BCUT2D eigenvalue weighted by atomic mass is 9.78. The highest BCUT2D eigenvalue weighted by atomic mass is 16.5. The van der Waals surface area contributed by atoms with E-state index in [-0.39, 0.29) is 18.4 Å². The Morgan fingerprint density at radius 2 is 1.89 bits per heavy atom. The van der Waals surface area contributed by atoms with Crippen molar-refractivity contribution in [1.82, 2.24) is 4.90 Å². The van der Waals surface area contributed by atoms with Crippen molar-refractivity contribution in [3.05, 3.63) is 24.3 Å².